The number of rotatable bonds is 1. The summed E-state index contributed by atoms with van der Waals surface area (Å²) in [5, 5.41) is 0.698. The minimum Gasteiger partial charge on any atom is -0.274 e. The summed E-state index contributed by atoms with van der Waals surface area (Å²) >= 11 is 1.55. The maximum absolute atomic E-state index is 13.0. The van der Waals surface area contributed by atoms with Gasteiger partial charge < -0.3 is 0 Å². The van der Waals surface area contributed by atoms with E-state index >= 15 is 0 Å². The fourth-order valence-electron chi connectivity index (χ4n) is 2.61. The molecule has 0 N–H and O–H groups in total. The molecule has 2 aromatic carbocycles. The van der Waals surface area contributed by atoms with Gasteiger partial charge in [-0.3, -0.25) is 9.36 Å². The van der Waals surface area contributed by atoms with Gasteiger partial charge in [-0.15, -0.1) is 0 Å². The van der Waals surface area contributed by atoms with E-state index in [1.165, 1.54) is 12.1 Å². The molecular formula is C16H11FN2OS. The number of hydrogen-bond acceptors (Lipinski definition) is 3. The molecule has 1 aliphatic heterocycles. The molecule has 1 atom stereocenters. The second-order valence-electron chi connectivity index (χ2n) is 4.97. The van der Waals surface area contributed by atoms with Gasteiger partial charge in [0.15, 0.2) is 5.16 Å². The largest absolute Gasteiger partial charge is 0.274 e. The molecule has 3 aromatic rings. The van der Waals surface area contributed by atoms with E-state index in [2.05, 4.69) is 4.98 Å². The molecule has 3 nitrogen and oxygen atoms in total. The molecule has 0 bridgehead atoms. The summed E-state index contributed by atoms with van der Waals surface area (Å²) in [6.45, 7) is 0. The number of para-hydroxylation sites is 2. The fraction of sp³-hybridized carbons (Fsp3) is 0.125. The van der Waals surface area contributed by atoms with Crippen molar-refractivity contribution in [3.8, 4) is 0 Å². The number of benzene rings is 2. The van der Waals surface area contributed by atoms with E-state index < -0.39 is 0 Å². The Morgan fingerprint density at radius 1 is 1.14 bits per heavy atom. The van der Waals surface area contributed by atoms with E-state index in [1.54, 1.807) is 28.5 Å². The van der Waals surface area contributed by atoms with Crippen molar-refractivity contribution in [1.82, 2.24) is 9.55 Å². The number of carbonyl (C=O) groups excluding carboxylic acids is 1. The minimum absolute atomic E-state index is 0.0117. The van der Waals surface area contributed by atoms with Gasteiger partial charge in [-0.25, -0.2) is 9.37 Å². The van der Waals surface area contributed by atoms with Crippen molar-refractivity contribution in [3.05, 3.63) is 59.9 Å². The minimum atomic E-state index is -0.266. The molecule has 1 aliphatic rings. The normalized spacial score (nSPS) is 18.0. The molecule has 2 heterocycles. The van der Waals surface area contributed by atoms with E-state index in [0.717, 1.165) is 16.6 Å². The standard InChI is InChI=1S/C16H11FN2OS/c17-11-7-5-10(6-8-11)14-9-15(20)19-13-4-2-1-3-12(13)18-16(19)21-14/h1-8,14H,9H2. The van der Waals surface area contributed by atoms with E-state index in [9.17, 15) is 9.18 Å². The lowest BCUT2D eigenvalue weighted by molar-refractivity contribution is 0.0891. The highest BCUT2D eigenvalue weighted by Gasteiger charge is 2.29. The first-order valence-corrected chi connectivity index (χ1v) is 7.53. The Bertz CT molecular complexity index is 841. The molecule has 1 aromatic heterocycles. The molecule has 0 radical (unpaired) electrons. The lowest BCUT2D eigenvalue weighted by atomic mass is 10.1. The predicted molar refractivity (Wildman–Crippen MR) is 80.0 cm³/mol. The van der Waals surface area contributed by atoms with Crippen molar-refractivity contribution < 1.29 is 9.18 Å². The van der Waals surface area contributed by atoms with Crippen LogP contribution in [-0.4, -0.2) is 15.5 Å². The van der Waals surface area contributed by atoms with Gasteiger partial charge >= 0.3 is 0 Å². The van der Waals surface area contributed by atoms with Gasteiger partial charge in [-0.05, 0) is 29.8 Å². The number of hydrogen-bond donors (Lipinski definition) is 0. The van der Waals surface area contributed by atoms with Gasteiger partial charge in [0, 0.05) is 11.7 Å². The van der Waals surface area contributed by atoms with Crippen LogP contribution in [0.2, 0.25) is 0 Å². The Balaban J connectivity index is 1.78. The quantitative estimate of drug-likeness (QED) is 0.679. The first-order valence-electron chi connectivity index (χ1n) is 6.65. The maximum Gasteiger partial charge on any atom is 0.234 e. The molecule has 5 heteroatoms. The molecule has 104 valence electrons. The molecule has 0 amide bonds. The van der Waals surface area contributed by atoms with Gasteiger partial charge in [0.25, 0.3) is 0 Å². The number of carbonyl (C=O) groups is 1. The van der Waals surface area contributed by atoms with Crippen LogP contribution >= 0.6 is 11.8 Å². The molecule has 0 saturated heterocycles. The van der Waals surface area contributed by atoms with Gasteiger partial charge in [0.05, 0.1) is 11.0 Å². The second kappa shape index (κ2) is 4.70. The van der Waals surface area contributed by atoms with Crippen molar-refractivity contribution in [1.29, 1.82) is 0 Å². The summed E-state index contributed by atoms with van der Waals surface area (Å²) in [5.74, 6) is -0.232. The van der Waals surface area contributed by atoms with Crippen molar-refractivity contribution in [2.45, 2.75) is 16.8 Å². The van der Waals surface area contributed by atoms with Crippen molar-refractivity contribution >= 4 is 28.7 Å². The van der Waals surface area contributed by atoms with Crippen LogP contribution in [0.25, 0.3) is 11.0 Å². The molecule has 0 fully saturated rings. The smallest absolute Gasteiger partial charge is 0.234 e. The highest BCUT2D eigenvalue weighted by molar-refractivity contribution is 7.99. The Labute approximate surface area is 124 Å². The maximum atomic E-state index is 13.0. The molecule has 0 spiro atoms. The number of imidazole rings is 1. The zero-order valence-electron chi connectivity index (χ0n) is 11.0. The van der Waals surface area contributed by atoms with Crippen LogP contribution in [-0.2, 0) is 0 Å². The third kappa shape index (κ3) is 2.05. The average molecular weight is 298 g/mol. The lowest BCUT2D eigenvalue weighted by Crippen LogP contribution is -2.19. The average Bonchev–Trinajstić information content (AvgIpc) is 2.86. The molecule has 1 unspecified atom stereocenters. The fourth-order valence-corrected chi connectivity index (χ4v) is 3.84. The van der Waals surface area contributed by atoms with Crippen LogP contribution in [0.3, 0.4) is 0 Å². The predicted octanol–water partition coefficient (Wildman–Crippen LogP) is 4.05. The zero-order valence-corrected chi connectivity index (χ0v) is 11.8. The molecule has 21 heavy (non-hydrogen) atoms. The number of thioether (sulfide) groups is 1. The Hall–Kier alpha value is -2.14. The SMILES string of the molecule is O=C1CC(c2ccc(F)cc2)Sc2nc3ccccc3n21. The molecule has 0 aliphatic carbocycles. The van der Waals surface area contributed by atoms with E-state index in [4.69, 9.17) is 0 Å². The highest BCUT2D eigenvalue weighted by Crippen LogP contribution is 2.42. The Morgan fingerprint density at radius 2 is 1.90 bits per heavy atom. The lowest BCUT2D eigenvalue weighted by Gasteiger charge is -2.22. The first kappa shape index (κ1) is 12.6. The van der Waals surface area contributed by atoms with Crippen molar-refractivity contribution in [2.24, 2.45) is 0 Å². The monoisotopic (exact) mass is 298 g/mol. The first-order chi connectivity index (χ1) is 10.2. The summed E-state index contributed by atoms with van der Waals surface area (Å²) in [5.41, 5.74) is 2.63. The van der Waals surface area contributed by atoms with E-state index in [1.807, 2.05) is 24.3 Å². The zero-order chi connectivity index (χ0) is 14.4. The summed E-state index contributed by atoms with van der Waals surface area (Å²) in [4.78, 5) is 17.0. The van der Waals surface area contributed by atoms with Crippen LogP contribution < -0.4 is 0 Å². The number of halogens is 1. The second-order valence-corrected chi connectivity index (χ2v) is 6.14. The van der Waals surface area contributed by atoms with Crippen molar-refractivity contribution in [2.75, 3.05) is 0 Å². The van der Waals surface area contributed by atoms with Crippen LogP contribution in [0.15, 0.2) is 53.7 Å². The summed E-state index contributed by atoms with van der Waals surface area (Å²) in [7, 11) is 0. The Morgan fingerprint density at radius 3 is 2.71 bits per heavy atom. The van der Waals surface area contributed by atoms with Crippen LogP contribution in [0, 0.1) is 5.82 Å². The third-order valence-electron chi connectivity index (χ3n) is 3.63. The van der Waals surface area contributed by atoms with Gasteiger partial charge in [-0.2, -0.15) is 0 Å². The van der Waals surface area contributed by atoms with Gasteiger partial charge in [0.1, 0.15) is 5.82 Å². The number of fused-ring (bicyclic) bond motifs is 3. The van der Waals surface area contributed by atoms with E-state index in [0.29, 0.717) is 11.6 Å². The summed E-state index contributed by atoms with van der Waals surface area (Å²) in [6, 6.07) is 14.0. The Kier molecular flexibility index (Phi) is 2.82. The van der Waals surface area contributed by atoms with Crippen LogP contribution in [0.4, 0.5) is 4.39 Å². The van der Waals surface area contributed by atoms with Crippen molar-refractivity contribution in [3.63, 3.8) is 0 Å². The van der Waals surface area contributed by atoms with Crippen LogP contribution in [0.5, 0.6) is 0 Å². The van der Waals surface area contributed by atoms with Gasteiger partial charge in [0.2, 0.25) is 5.91 Å². The summed E-state index contributed by atoms with van der Waals surface area (Å²) in [6.07, 6.45) is 0.393. The summed E-state index contributed by atoms with van der Waals surface area (Å²) < 4.78 is 14.7. The molecular weight excluding hydrogens is 287 g/mol. The highest BCUT2D eigenvalue weighted by atomic mass is 32.2. The third-order valence-corrected chi connectivity index (χ3v) is 4.84. The van der Waals surface area contributed by atoms with Crippen LogP contribution in [0.1, 0.15) is 22.0 Å². The van der Waals surface area contributed by atoms with E-state index in [-0.39, 0.29) is 17.0 Å². The topological polar surface area (TPSA) is 34.9 Å². The number of nitrogens with zero attached hydrogens (tertiary/aromatic N) is 2. The van der Waals surface area contributed by atoms with Gasteiger partial charge in [-0.1, -0.05) is 36.0 Å². The number of aromatic nitrogens is 2. The molecule has 4 rings (SSSR count). The molecule has 0 saturated carbocycles.